The fourth-order valence-electron chi connectivity index (χ4n) is 1.65. The van der Waals surface area contributed by atoms with Gasteiger partial charge in [0, 0.05) is 18.2 Å². The molecule has 0 radical (unpaired) electrons. The Kier molecular flexibility index (Phi) is 6.50. The highest BCUT2D eigenvalue weighted by Crippen LogP contribution is 2.02. The normalized spacial score (nSPS) is 11.1. The van der Waals surface area contributed by atoms with Gasteiger partial charge in [-0.15, -0.1) is 0 Å². The summed E-state index contributed by atoms with van der Waals surface area (Å²) in [6, 6.07) is 6.14. The molecule has 0 bridgehead atoms. The fraction of sp³-hybridized carbons (Fsp3) is 0.533. The molecule has 0 fully saturated rings. The van der Waals surface area contributed by atoms with E-state index in [1.54, 1.807) is 0 Å². The van der Waals surface area contributed by atoms with E-state index in [1.165, 1.54) is 24.3 Å². The van der Waals surface area contributed by atoms with Crippen LogP contribution in [0.5, 0.6) is 0 Å². The van der Waals surface area contributed by atoms with E-state index in [4.69, 9.17) is 0 Å². The molecule has 0 aliphatic heterocycles. The predicted octanol–water partition coefficient (Wildman–Crippen LogP) is 2.68. The number of hydrogen-bond acceptors (Lipinski definition) is 2. The summed E-state index contributed by atoms with van der Waals surface area (Å²) >= 11 is 0. The van der Waals surface area contributed by atoms with E-state index in [9.17, 15) is 9.18 Å². The molecule has 0 spiro atoms. The Morgan fingerprint density at radius 2 is 1.89 bits per heavy atom. The molecule has 0 saturated carbocycles. The third-order valence-corrected chi connectivity index (χ3v) is 3.21. The summed E-state index contributed by atoms with van der Waals surface area (Å²) in [6.45, 7) is 6.01. The zero-order valence-corrected chi connectivity index (χ0v) is 11.9. The quantitative estimate of drug-likeness (QED) is 0.770. The zero-order valence-electron chi connectivity index (χ0n) is 11.9. The summed E-state index contributed by atoms with van der Waals surface area (Å²) in [4.78, 5) is 14.0. The lowest BCUT2D eigenvalue weighted by Gasteiger charge is -2.20. The smallest absolute Gasteiger partial charge is 0.251 e. The van der Waals surface area contributed by atoms with Crippen LogP contribution in [0, 0.1) is 5.82 Å². The molecular formula is C15H23FN2O. The summed E-state index contributed by atoms with van der Waals surface area (Å²) in [7, 11) is 2.10. The van der Waals surface area contributed by atoms with Gasteiger partial charge in [0.1, 0.15) is 5.82 Å². The molecule has 3 nitrogen and oxygen atoms in total. The van der Waals surface area contributed by atoms with Crippen LogP contribution < -0.4 is 5.32 Å². The van der Waals surface area contributed by atoms with Crippen molar-refractivity contribution in [2.24, 2.45) is 0 Å². The number of nitrogens with one attached hydrogen (secondary N) is 1. The van der Waals surface area contributed by atoms with Crippen LogP contribution in [0.3, 0.4) is 0 Å². The molecule has 0 saturated heterocycles. The van der Waals surface area contributed by atoms with Crippen LogP contribution in [0.1, 0.15) is 37.0 Å². The number of carbonyl (C=O) groups excluding carboxylic acids is 1. The van der Waals surface area contributed by atoms with Crippen LogP contribution in [0.2, 0.25) is 0 Å². The zero-order chi connectivity index (χ0) is 14.3. The van der Waals surface area contributed by atoms with Gasteiger partial charge < -0.3 is 10.2 Å². The second-order valence-corrected chi connectivity index (χ2v) is 5.04. The third kappa shape index (κ3) is 5.83. The van der Waals surface area contributed by atoms with Gasteiger partial charge in [0.15, 0.2) is 0 Å². The number of amides is 1. The predicted molar refractivity (Wildman–Crippen MR) is 75.7 cm³/mol. The minimum atomic E-state index is -0.326. The van der Waals surface area contributed by atoms with Gasteiger partial charge in [-0.05, 0) is 64.5 Å². The Morgan fingerprint density at radius 1 is 1.26 bits per heavy atom. The monoisotopic (exact) mass is 266 g/mol. The molecule has 1 amide bonds. The average molecular weight is 266 g/mol. The standard InChI is InChI=1S/C15H23FN2O/c1-12(2)18(3)11-5-4-10-17-15(19)13-6-8-14(16)9-7-13/h6-9,12H,4-5,10-11H2,1-3H3,(H,17,19). The Bertz CT molecular complexity index is 390. The molecule has 1 aromatic rings. The molecule has 0 unspecified atom stereocenters. The van der Waals surface area contributed by atoms with E-state index >= 15 is 0 Å². The van der Waals surface area contributed by atoms with Crippen LogP contribution in [-0.4, -0.2) is 37.0 Å². The van der Waals surface area contributed by atoms with E-state index in [0.717, 1.165) is 19.4 Å². The lowest BCUT2D eigenvalue weighted by molar-refractivity contribution is 0.0952. The van der Waals surface area contributed by atoms with Gasteiger partial charge in [0.25, 0.3) is 5.91 Å². The third-order valence-electron chi connectivity index (χ3n) is 3.21. The molecular weight excluding hydrogens is 243 g/mol. The van der Waals surface area contributed by atoms with E-state index in [-0.39, 0.29) is 11.7 Å². The maximum absolute atomic E-state index is 12.7. The number of nitrogens with zero attached hydrogens (tertiary/aromatic N) is 1. The van der Waals surface area contributed by atoms with Crippen molar-refractivity contribution >= 4 is 5.91 Å². The van der Waals surface area contributed by atoms with Gasteiger partial charge in [-0.1, -0.05) is 0 Å². The van der Waals surface area contributed by atoms with E-state index in [1.807, 2.05) is 0 Å². The van der Waals surface area contributed by atoms with Crippen molar-refractivity contribution in [1.82, 2.24) is 10.2 Å². The summed E-state index contributed by atoms with van der Waals surface area (Å²) in [5, 5.41) is 2.84. The Labute approximate surface area is 114 Å². The highest BCUT2D eigenvalue weighted by molar-refractivity contribution is 5.94. The second-order valence-electron chi connectivity index (χ2n) is 5.04. The van der Waals surface area contributed by atoms with Crippen molar-refractivity contribution in [3.8, 4) is 0 Å². The highest BCUT2D eigenvalue weighted by Gasteiger charge is 2.05. The average Bonchev–Trinajstić information content (AvgIpc) is 2.38. The largest absolute Gasteiger partial charge is 0.352 e. The number of unbranched alkanes of at least 4 members (excludes halogenated alkanes) is 1. The maximum Gasteiger partial charge on any atom is 0.251 e. The molecule has 106 valence electrons. The molecule has 1 rings (SSSR count). The van der Waals surface area contributed by atoms with Gasteiger partial charge in [0.2, 0.25) is 0 Å². The van der Waals surface area contributed by atoms with Crippen LogP contribution >= 0.6 is 0 Å². The Hall–Kier alpha value is -1.42. The summed E-state index contributed by atoms with van der Waals surface area (Å²) in [6.07, 6.45) is 2.00. The second kappa shape index (κ2) is 7.89. The first kappa shape index (κ1) is 15.6. The van der Waals surface area contributed by atoms with Gasteiger partial charge in [-0.25, -0.2) is 4.39 Å². The van der Waals surface area contributed by atoms with Gasteiger partial charge in [-0.3, -0.25) is 4.79 Å². The lowest BCUT2D eigenvalue weighted by Crippen LogP contribution is -2.29. The summed E-state index contributed by atoms with van der Waals surface area (Å²) in [5.74, 6) is -0.467. The van der Waals surface area contributed by atoms with Crippen molar-refractivity contribution in [3.05, 3.63) is 35.6 Å². The SMILES string of the molecule is CC(C)N(C)CCCCNC(=O)c1ccc(F)cc1. The van der Waals surface area contributed by atoms with Crippen LogP contribution in [-0.2, 0) is 0 Å². The van der Waals surface area contributed by atoms with Gasteiger partial charge in [-0.2, -0.15) is 0 Å². The van der Waals surface area contributed by atoms with Crippen molar-refractivity contribution < 1.29 is 9.18 Å². The number of rotatable bonds is 7. The van der Waals surface area contributed by atoms with E-state index < -0.39 is 0 Å². The molecule has 0 aliphatic rings. The van der Waals surface area contributed by atoms with Crippen LogP contribution in [0.15, 0.2) is 24.3 Å². The molecule has 0 aliphatic carbocycles. The van der Waals surface area contributed by atoms with Crippen molar-refractivity contribution in [3.63, 3.8) is 0 Å². The number of benzene rings is 1. The number of hydrogen-bond donors (Lipinski definition) is 1. The minimum Gasteiger partial charge on any atom is -0.352 e. The maximum atomic E-state index is 12.7. The first-order chi connectivity index (χ1) is 9.00. The van der Waals surface area contributed by atoms with E-state index in [0.29, 0.717) is 18.2 Å². The summed E-state index contributed by atoms with van der Waals surface area (Å²) < 4.78 is 12.7. The molecule has 0 atom stereocenters. The van der Waals surface area contributed by atoms with Crippen molar-refractivity contribution in [1.29, 1.82) is 0 Å². The van der Waals surface area contributed by atoms with Gasteiger partial charge in [0.05, 0.1) is 0 Å². The highest BCUT2D eigenvalue weighted by atomic mass is 19.1. The molecule has 4 heteroatoms. The molecule has 1 N–H and O–H groups in total. The fourth-order valence-corrected chi connectivity index (χ4v) is 1.65. The van der Waals surface area contributed by atoms with Crippen molar-refractivity contribution in [2.45, 2.75) is 32.7 Å². The number of carbonyl (C=O) groups is 1. The van der Waals surface area contributed by atoms with E-state index in [2.05, 4.69) is 31.1 Å². The minimum absolute atomic E-state index is 0.141. The molecule has 19 heavy (non-hydrogen) atoms. The molecule has 0 heterocycles. The molecule has 0 aromatic heterocycles. The molecule has 1 aromatic carbocycles. The van der Waals surface area contributed by atoms with Crippen molar-refractivity contribution in [2.75, 3.05) is 20.1 Å². The Balaban J connectivity index is 2.19. The lowest BCUT2D eigenvalue weighted by atomic mass is 10.2. The van der Waals surface area contributed by atoms with Gasteiger partial charge >= 0.3 is 0 Å². The first-order valence-corrected chi connectivity index (χ1v) is 6.74. The van der Waals surface area contributed by atoms with Crippen LogP contribution in [0.4, 0.5) is 4.39 Å². The number of halogens is 1. The first-order valence-electron chi connectivity index (χ1n) is 6.74. The topological polar surface area (TPSA) is 32.3 Å². The summed E-state index contributed by atoms with van der Waals surface area (Å²) in [5.41, 5.74) is 0.501. The van der Waals surface area contributed by atoms with Crippen LogP contribution in [0.25, 0.3) is 0 Å². The Morgan fingerprint density at radius 3 is 2.47 bits per heavy atom.